The second-order valence-electron chi connectivity index (χ2n) is 19.0. The number of carbonyl (C=O) groups is 1. The summed E-state index contributed by atoms with van der Waals surface area (Å²) >= 11 is 0. The van der Waals surface area contributed by atoms with Crippen molar-refractivity contribution in [1.82, 2.24) is 24.8 Å². The van der Waals surface area contributed by atoms with Crippen LogP contribution < -0.4 is 14.4 Å². The van der Waals surface area contributed by atoms with Gasteiger partial charge < -0.3 is 24.0 Å². The number of hydrogen-bond acceptors (Lipinski definition) is 9. The first-order chi connectivity index (χ1) is 28.4. The van der Waals surface area contributed by atoms with E-state index in [1.54, 1.807) is 4.90 Å². The molecule has 0 saturated carbocycles. The third-order valence-corrected chi connectivity index (χ3v) is 19.6. The fourth-order valence-corrected chi connectivity index (χ4v) is 15.6. The number of ether oxygens (including phenoxy) is 3. The summed E-state index contributed by atoms with van der Waals surface area (Å²) in [5, 5.41) is 2.01. The summed E-state index contributed by atoms with van der Waals surface area (Å²) in [5.74, 6) is 3.50. The number of aromatic nitrogens is 3. The van der Waals surface area contributed by atoms with Gasteiger partial charge in [-0.2, -0.15) is 9.97 Å². The molecule has 3 atom stereocenters. The van der Waals surface area contributed by atoms with E-state index in [1.165, 1.54) is 7.11 Å². The molecule has 4 aromatic rings. The molecule has 3 aliphatic heterocycles. The first-order valence-corrected chi connectivity index (χ1v) is 23.9. The fraction of sp³-hybridized carbons (Fsp3) is 0.574. The van der Waals surface area contributed by atoms with E-state index in [1.807, 2.05) is 69.1 Å². The number of amides is 1. The molecule has 3 saturated heterocycles. The number of anilines is 1. The molecule has 7 rings (SSSR count). The molecule has 5 heterocycles. The summed E-state index contributed by atoms with van der Waals surface area (Å²) in [7, 11) is 1.27. The summed E-state index contributed by atoms with van der Waals surface area (Å²) < 4.78 is 50.6. The SMILES string of the molecule is COc1nc(-c2cccc3cccc(C#C[Si](C(C)C)(C(C)C)C(C)C)c23)c(F)c2nc(OC[C@@]34CCCN3C[C@H](F)C4)nc(N(C)[C@@H]3CCN(C(=O)OC(C)(C)C)C3)c12. The Hall–Kier alpha value is -4.54. The smallest absolute Gasteiger partial charge is 0.410 e. The van der Waals surface area contributed by atoms with Crippen molar-refractivity contribution in [3.05, 3.63) is 47.8 Å². The van der Waals surface area contributed by atoms with Crippen LogP contribution in [0.4, 0.5) is 19.4 Å². The number of nitrogens with zero attached hydrogens (tertiary/aromatic N) is 6. The Bertz CT molecular complexity index is 2300. The van der Waals surface area contributed by atoms with Gasteiger partial charge in [0.25, 0.3) is 0 Å². The molecule has 0 aliphatic carbocycles. The molecular formula is C47H62F2N6O4Si. The minimum Gasteiger partial charge on any atom is -0.480 e. The van der Waals surface area contributed by atoms with Crippen molar-refractivity contribution >= 4 is 41.7 Å². The number of methoxy groups -OCH3 is 1. The van der Waals surface area contributed by atoms with Crippen LogP contribution >= 0.6 is 0 Å². The van der Waals surface area contributed by atoms with Gasteiger partial charge in [0.05, 0.1) is 12.6 Å². The van der Waals surface area contributed by atoms with E-state index >= 15 is 4.39 Å². The topological polar surface area (TPSA) is 93.2 Å². The standard InChI is InChI=1S/C47H62F2N6O4Si/c1-29(2)60(30(3)4,31(5)6)24-20-33-16-12-15-32-17-13-18-36(37(32)33)40-39(49)41-38(43(50-40)57-11)42(53(10)35-19-23-54(27-35)45(56)59-46(7,8)9)52-44(51-41)58-28-47-21-14-22-55(47)26-34(48)25-47/h12-13,15-18,29-31,34-35H,14,19,21-23,25-28H2,1-11H3/t34-,35-,47+/m1/s1. The van der Waals surface area contributed by atoms with Crippen molar-refractivity contribution < 1.29 is 27.8 Å². The van der Waals surface area contributed by atoms with Crippen LogP contribution in [0.3, 0.4) is 0 Å². The lowest BCUT2D eigenvalue weighted by atomic mass is 9.95. The Labute approximate surface area is 355 Å². The molecule has 60 heavy (non-hydrogen) atoms. The lowest BCUT2D eigenvalue weighted by Crippen LogP contribution is -2.43. The van der Waals surface area contributed by atoms with Crippen molar-refractivity contribution in [2.45, 2.75) is 128 Å². The number of pyridine rings is 1. The number of benzene rings is 2. The lowest BCUT2D eigenvalue weighted by molar-refractivity contribution is 0.0292. The van der Waals surface area contributed by atoms with Gasteiger partial charge in [-0.15, -0.1) is 5.54 Å². The first-order valence-electron chi connectivity index (χ1n) is 21.6. The number of carbonyl (C=O) groups excluding carboxylic acids is 1. The highest BCUT2D eigenvalue weighted by atomic mass is 28.3. The van der Waals surface area contributed by atoms with Crippen molar-refractivity contribution in [2.75, 3.05) is 51.8 Å². The lowest BCUT2D eigenvalue weighted by Gasteiger charge is -2.38. The summed E-state index contributed by atoms with van der Waals surface area (Å²) in [6.07, 6.45) is 1.41. The van der Waals surface area contributed by atoms with Crippen LogP contribution in [0.5, 0.6) is 11.9 Å². The largest absolute Gasteiger partial charge is 0.480 e. The van der Waals surface area contributed by atoms with Gasteiger partial charge >= 0.3 is 12.1 Å². The van der Waals surface area contributed by atoms with Gasteiger partial charge in [-0.3, -0.25) is 4.90 Å². The van der Waals surface area contributed by atoms with Gasteiger partial charge in [-0.05, 0) is 74.7 Å². The molecule has 13 heteroatoms. The highest BCUT2D eigenvalue weighted by Crippen LogP contribution is 2.44. The fourth-order valence-electron chi connectivity index (χ4n) is 10.4. The van der Waals surface area contributed by atoms with Crippen LogP contribution in [0, 0.1) is 17.3 Å². The monoisotopic (exact) mass is 840 g/mol. The Balaban J connectivity index is 1.38. The van der Waals surface area contributed by atoms with Crippen LogP contribution in [0.2, 0.25) is 16.6 Å². The van der Waals surface area contributed by atoms with E-state index in [2.05, 4.69) is 57.9 Å². The minimum absolute atomic E-state index is 0.00678. The number of fused-ring (bicyclic) bond motifs is 3. The molecule has 0 spiro atoms. The average Bonchev–Trinajstić information content (AvgIpc) is 3.91. The van der Waals surface area contributed by atoms with E-state index in [0.717, 1.165) is 35.7 Å². The van der Waals surface area contributed by atoms with E-state index in [-0.39, 0.29) is 41.1 Å². The Morgan fingerprint density at radius 3 is 2.37 bits per heavy atom. The van der Waals surface area contributed by atoms with Crippen molar-refractivity contribution in [2.24, 2.45) is 0 Å². The molecule has 3 aliphatic rings. The van der Waals surface area contributed by atoms with Crippen LogP contribution in [0.25, 0.3) is 32.9 Å². The molecule has 3 fully saturated rings. The van der Waals surface area contributed by atoms with E-state index < -0.39 is 37.3 Å². The van der Waals surface area contributed by atoms with Crippen LogP contribution in [-0.2, 0) is 4.74 Å². The number of likely N-dealkylation sites (tertiary alicyclic amines) is 1. The van der Waals surface area contributed by atoms with Gasteiger partial charge in [0, 0.05) is 55.7 Å². The Morgan fingerprint density at radius 1 is 1.00 bits per heavy atom. The Morgan fingerprint density at radius 2 is 1.70 bits per heavy atom. The quantitative estimate of drug-likeness (QED) is 0.114. The highest BCUT2D eigenvalue weighted by molar-refractivity contribution is 6.90. The predicted octanol–water partition coefficient (Wildman–Crippen LogP) is 9.96. The Kier molecular flexibility index (Phi) is 12.1. The maximum Gasteiger partial charge on any atom is 0.410 e. The molecule has 2 aromatic carbocycles. The van der Waals surface area contributed by atoms with Crippen LogP contribution in [-0.4, -0.2) is 109 Å². The first kappa shape index (κ1) is 43.5. The van der Waals surface area contributed by atoms with Gasteiger partial charge in [0.15, 0.2) is 5.82 Å². The molecule has 0 unspecified atom stereocenters. The zero-order valence-corrected chi connectivity index (χ0v) is 38.3. The molecule has 0 N–H and O–H groups in total. The molecule has 0 radical (unpaired) electrons. The molecule has 2 aromatic heterocycles. The normalized spacial score (nSPS) is 21.0. The van der Waals surface area contributed by atoms with E-state index in [9.17, 15) is 9.18 Å². The number of alkyl halides is 1. The van der Waals surface area contributed by atoms with Gasteiger partial charge in [-0.25, -0.2) is 18.6 Å². The number of likely N-dealkylation sites (N-methyl/N-ethyl adjacent to an activating group) is 1. The molecule has 1 amide bonds. The van der Waals surface area contributed by atoms with Crippen molar-refractivity contribution in [3.63, 3.8) is 0 Å². The second kappa shape index (κ2) is 16.7. The summed E-state index contributed by atoms with van der Waals surface area (Å²) in [6, 6.07) is 11.6. The maximum atomic E-state index is 17.7. The molecular weight excluding hydrogens is 779 g/mol. The van der Waals surface area contributed by atoms with Crippen molar-refractivity contribution in [3.8, 4) is 34.6 Å². The molecule has 10 nitrogen and oxygen atoms in total. The third-order valence-electron chi connectivity index (χ3n) is 13.3. The number of hydrogen-bond donors (Lipinski definition) is 0. The van der Waals surface area contributed by atoms with Gasteiger partial charge in [-0.1, -0.05) is 77.8 Å². The average molecular weight is 841 g/mol. The third kappa shape index (κ3) is 8.02. The van der Waals surface area contributed by atoms with Gasteiger partial charge in [0.1, 0.15) is 48.9 Å². The minimum atomic E-state index is -2.10. The van der Waals surface area contributed by atoms with Gasteiger partial charge in [0.2, 0.25) is 5.88 Å². The highest BCUT2D eigenvalue weighted by Gasteiger charge is 2.49. The summed E-state index contributed by atoms with van der Waals surface area (Å²) in [5.41, 5.74) is 5.54. The molecule has 322 valence electrons. The second-order valence-corrected chi connectivity index (χ2v) is 24.6. The summed E-state index contributed by atoms with van der Waals surface area (Å²) in [4.78, 5) is 33.5. The predicted molar refractivity (Wildman–Crippen MR) is 238 cm³/mol. The van der Waals surface area contributed by atoms with Crippen LogP contribution in [0.15, 0.2) is 36.4 Å². The maximum absolute atomic E-state index is 17.7. The number of rotatable bonds is 10. The number of halogens is 2. The van der Waals surface area contributed by atoms with Crippen LogP contribution in [0.1, 0.15) is 93.6 Å². The van der Waals surface area contributed by atoms with E-state index in [4.69, 9.17) is 29.2 Å². The summed E-state index contributed by atoms with van der Waals surface area (Å²) in [6.45, 7) is 21.5. The zero-order valence-electron chi connectivity index (χ0n) is 37.3. The zero-order chi connectivity index (χ0) is 43.3. The van der Waals surface area contributed by atoms with E-state index in [0.29, 0.717) is 60.5 Å². The van der Waals surface area contributed by atoms with Crippen molar-refractivity contribution in [1.29, 1.82) is 0 Å². The molecule has 0 bridgehead atoms.